The Morgan fingerprint density at radius 1 is 1.14 bits per heavy atom. The zero-order chi connectivity index (χ0) is 26.3. The van der Waals surface area contributed by atoms with E-state index in [4.69, 9.17) is 21.7 Å². The number of H-pyrrole nitrogens is 1. The van der Waals surface area contributed by atoms with E-state index in [9.17, 15) is 14.0 Å². The number of methoxy groups -OCH3 is 1. The third kappa shape index (κ3) is 4.76. The van der Waals surface area contributed by atoms with Gasteiger partial charge in [0, 0.05) is 44.1 Å². The lowest BCUT2D eigenvalue weighted by atomic mass is 10.2. The highest BCUT2D eigenvalue weighted by Crippen LogP contribution is 2.29. The number of cyclic esters (lactones) is 1. The molecule has 2 aliphatic heterocycles. The van der Waals surface area contributed by atoms with Crippen LogP contribution in [0.5, 0.6) is 0 Å². The van der Waals surface area contributed by atoms with Gasteiger partial charge in [-0.05, 0) is 54.7 Å². The summed E-state index contributed by atoms with van der Waals surface area (Å²) in [6.07, 6.45) is -1.25. The van der Waals surface area contributed by atoms with Crippen LogP contribution in [0.2, 0.25) is 0 Å². The van der Waals surface area contributed by atoms with Crippen molar-refractivity contribution < 1.29 is 27.8 Å². The summed E-state index contributed by atoms with van der Waals surface area (Å²) in [4.78, 5) is 34.8. The van der Waals surface area contributed by atoms with Crippen LogP contribution >= 0.6 is 12.2 Å². The van der Waals surface area contributed by atoms with E-state index in [0.29, 0.717) is 54.2 Å². The summed E-state index contributed by atoms with van der Waals surface area (Å²) in [5.41, 5.74) is 1.83. The first kappa shape index (κ1) is 24.8. The van der Waals surface area contributed by atoms with E-state index in [0.717, 1.165) is 0 Å². The summed E-state index contributed by atoms with van der Waals surface area (Å²) >= 11 is 5.08. The number of aromatic nitrogens is 1. The third-order valence-electron chi connectivity index (χ3n) is 6.65. The Kier molecular flexibility index (Phi) is 6.59. The molecule has 2 amide bonds. The van der Waals surface area contributed by atoms with Crippen molar-refractivity contribution in [3.05, 3.63) is 59.8 Å². The highest BCUT2D eigenvalue weighted by atomic mass is 32.1. The number of benzene rings is 2. The van der Waals surface area contributed by atoms with Crippen molar-refractivity contribution in [3.63, 3.8) is 0 Å². The summed E-state index contributed by atoms with van der Waals surface area (Å²) in [6.45, 7) is 1.83. The summed E-state index contributed by atoms with van der Waals surface area (Å²) in [5.74, 6) is -1.03. The number of carbonyl (C=O) groups excluding carboxylic acids is 2. The first-order chi connectivity index (χ1) is 17.7. The number of nitrogens with zero attached hydrogens (tertiary/aromatic N) is 4. The van der Waals surface area contributed by atoms with Crippen LogP contribution in [0.25, 0.3) is 10.9 Å². The number of carbonyl (C=O) groups is 2. The van der Waals surface area contributed by atoms with Crippen LogP contribution in [0.1, 0.15) is 10.5 Å². The highest BCUT2D eigenvalue weighted by Gasteiger charge is 2.36. The van der Waals surface area contributed by atoms with E-state index in [1.165, 1.54) is 35.1 Å². The molecule has 2 aromatic carbocycles. The minimum absolute atomic E-state index is 0.165. The van der Waals surface area contributed by atoms with Gasteiger partial charge in [-0.2, -0.15) is 0 Å². The van der Waals surface area contributed by atoms with Crippen molar-refractivity contribution in [2.45, 2.75) is 6.23 Å². The lowest BCUT2D eigenvalue weighted by Crippen LogP contribution is -2.49. The molecule has 1 aromatic heterocycles. The zero-order valence-electron chi connectivity index (χ0n) is 20.2. The van der Waals surface area contributed by atoms with Crippen LogP contribution in [-0.4, -0.2) is 85.1 Å². The topological polar surface area (TPSA) is 81.4 Å². The quantitative estimate of drug-likeness (QED) is 0.518. The van der Waals surface area contributed by atoms with Gasteiger partial charge < -0.3 is 24.3 Å². The number of thiocarbonyl (C=S) groups is 1. The second-order valence-electron chi connectivity index (χ2n) is 8.86. The first-order valence-corrected chi connectivity index (χ1v) is 12.1. The Morgan fingerprint density at radius 2 is 1.89 bits per heavy atom. The van der Waals surface area contributed by atoms with Crippen molar-refractivity contribution in [1.29, 1.82) is 0 Å². The van der Waals surface area contributed by atoms with Gasteiger partial charge >= 0.3 is 6.09 Å². The molecule has 0 saturated carbocycles. The predicted octanol–water partition coefficient (Wildman–Crippen LogP) is 3.55. The molecule has 12 heteroatoms. The van der Waals surface area contributed by atoms with Gasteiger partial charge in [0.25, 0.3) is 11.1 Å². The molecule has 2 aliphatic rings. The Hall–Kier alpha value is -3.93. The predicted molar refractivity (Wildman–Crippen MR) is 138 cm³/mol. The molecule has 2 saturated heterocycles. The average Bonchev–Trinajstić information content (AvgIpc) is 3.50. The van der Waals surface area contributed by atoms with Gasteiger partial charge in [-0.3, -0.25) is 14.6 Å². The maximum absolute atomic E-state index is 15.1. The summed E-state index contributed by atoms with van der Waals surface area (Å²) in [7, 11) is 3.08. The van der Waals surface area contributed by atoms with E-state index in [1.807, 2.05) is 4.90 Å². The molecule has 5 rings (SSSR count). The van der Waals surface area contributed by atoms with Crippen LogP contribution in [0.15, 0.2) is 42.5 Å². The SMILES string of the molecule is COC(=S)N(C)[C@@H]1CN(c2ccc(N3CCN(C(=O)c4cc5cc(F)ccc5[nH]4)CC3)c(F)c2)C(=O)O1. The van der Waals surface area contributed by atoms with E-state index in [2.05, 4.69) is 4.98 Å². The largest absolute Gasteiger partial charge is 0.474 e. The second kappa shape index (κ2) is 9.85. The summed E-state index contributed by atoms with van der Waals surface area (Å²) in [5, 5.41) is 0.808. The number of ether oxygens (including phenoxy) is 2. The molecular formula is C25H25F2N5O4S. The molecular weight excluding hydrogens is 504 g/mol. The number of piperazine rings is 1. The van der Waals surface area contributed by atoms with E-state index in [-0.39, 0.29) is 23.4 Å². The van der Waals surface area contributed by atoms with Crippen LogP contribution in [0.3, 0.4) is 0 Å². The van der Waals surface area contributed by atoms with Gasteiger partial charge in [-0.25, -0.2) is 13.6 Å². The molecule has 0 radical (unpaired) electrons. The number of hydrogen-bond donors (Lipinski definition) is 1. The maximum Gasteiger partial charge on any atom is 0.416 e. The first-order valence-electron chi connectivity index (χ1n) is 11.7. The van der Waals surface area contributed by atoms with Crippen LogP contribution in [-0.2, 0) is 9.47 Å². The second-order valence-corrected chi connectivity index (χ2v) is 9.21. The van der Waals surface area contributed by atoms with Crippen molar-refractivity contribution in [2.24, 2.45) is 0 Å². The maximum atomic E-state index is 15.1. The molecule has 1 N–H and O–H groups in total. The van der Waals surface area contributed by atoms with E-state index in [1.54, 1.807) is 36.2 Å². The number of nitrogens with one attached hydrogen (secondary N) is 1. The summed E-state index contributed by atoms with van der Waals surface area (Å²) < 4.78 is 39.0. The van der Waals surface area contributed by atoms with Gasteiger partial charge in [-0.15, -0.1) is 0 Å². The Balaban J connectivity index is 1.23. The van der Waals surface area contributed by atoms with Crippen molar-refractivity contribution in [2.75, 3.05) is 56.7 Å². The summed E-state index contributed by atoms with van der Waals surface area (Å²) in [6, 6.07) is 10.5. The van der Waals surface area contributed by atoms with Gasteiger partial charge in [-0.1, -0.05) is 0 Å². The number of aromatic amines is 1. The molecule has 0 bridgehead atoms. The standard InChI is InChI=1S/C25H25F2N5O4S/c1-29(25(37)35-2)22-14-32(24(34)36-22)17-4-6-21(18(27)13-17)30-7-9-31(10-8-30)23(33)20-12-15-11-16(26)3-5-19(15)28-20/h3-6,11-13,22,28H,7-10,14H2,1-2H3/t22-/m0/s1. The van der Waals surface area contributed by atoms with Gasteiger partial charge in [0.05, 0.1) is 25.0 Å². The van der Waals surface area contributed by atoms with E-state index >= 15 is 4.39 Å². The van der Waals surface area contributed by atoms with Crippen LogP contribution < -0.4 is 9.80 Å². The number of halogens is 2. The fourth-order valence-corrected chi connectivity index (χ4v) is 4.70. The number of rotatable bonds is 4. The van der Waals surface area contributed by atoms with Crippen LogP contribution in [0.4, 0.5) is 25.0 Å². The molecule has 9 nitrogen and oxygen atoms in total. The molecule has 3 heterocycles. The molecule has 0 spiro atoms. The minimum Gasteiger partial charge on any atom is -0.474 e. The minimum atomic E-state index is -0.649. The number of amides is 2. The smallest absolute Gasteiger partial charge is 0.416 e. The number of anilines is 2. The lowest BCUT2D eigenvalue weighted by molar-refractivity contribution is 0.0677. The van der Waals surface area contributed by atoms with Gasteiger partial charge in [0.2, 0.25) is 0 Å². The highest BCUT2D eigenvalue weighted by molar-refractivity contribution is 7.80. The monoisotopic (exact) mass is 529 g/mol. The zero-order valence-corrected chi connectivity index (χ0v) is 21.1. The number of likely N-dealkylation sites (N-methyl/N-ethyl adjacent to an activating group) is 1. The molecule has 3 aromatic rings. The Morgan fingerprint density at radius 3 is 2.59 bits per heavy atom. The van der Waals surface area contributed by atoms with Crippen LogP contribution in [0, 0.1) is 11.6 Å². The van der Waals surface area contributed by atoms with Crippen molar-refractivity contribution >= 4 is 51.7 Å². The molecule has 2 fully saturated rings. The lowest BCUT2D eigenvalue weighted by Gasteiger charge is -2.36. The normalized spacial score (nSPS) is 17.8. The molecule has 194 valence electrons. The Labute approximate surface area is 217 Å². The number of hydrogen-bond acceptors (Lipinski definition) is 6. The Bertz CT molecular complexity index is 1370. The van der Waals surface area contributed by atoms with Crippen molar-refractivity contribution in [1.82, 2.24) is 14.8 Å². The molecule has 0 unspecified atom stereocenters. The third-order valence-corrected chi connectivity index (χ3v) is 7.11. The molecule has 37 heavy (non-hydrogen) atoms. The number of fused-ring (bicyclic) bond motifs is 1. The molecule has 1 atom stereocenters. The van der Waals surface area contributed by atoms with E-state index < -0.39 is 18.1 Å². The fraction of sp³-hybridized carbons (Fsp3) is 0.320. The van der Waals surface area contributed by atoms with Gasteiger partial charge in [0.1, 0.15) is 17.3 Å². The van der Waals surface area contributed by atoms with Crippen molar-refractivity contribution in [3.8, 4) is 0 Å². The van der Waals surface area contributed by atoms with Gasteiger partial charge in [0.15, 0.2) is 6.23 Å². The molecule has 0 aliphatic carbocycles. The fourth-order valence-electron chi connectivity index (χ4n) is 4.58. The average molecular weight is 530 g/mol.